The van der Waals surface area contributed by atoms with Gasteiger partial charge in [-0.1, -0.05) is 50.6 Å². The molecule has 3 aromatic carbocycles. The zero-order valence-electron chi connectivity index (χ0n) is 52.6. The number of nitrogens with one attached hydrogen (secondary N) is 4. The van der Waals surface area contributed by atoms with Gasteiger partial charge in [0.25, 0.3) is 11.8 Å². The number of likely N-dealkylation sites (N-methyl/N-ethyl adjacent to an activating group) is 2. The number of para-hydroxylation sites is 1. The highest BCUT2D eigenvalue weighted by Crippen LogP contribution is 2.52. The van der Waals surface area contributed by atoms with Gasteiger partial charge in [0.15, 0.2) is 30.2 Å². The lowest BCUT2D eigenvalue weighted by Crippen LogP contribution is -2.54. The average Bonchev–Trinajstić information content (AvgIpc) is 0.995. The molecule has 29 nitrogen and oxygen atoms in total. The Morgan fingerprint density at radius 2 is 1.51 bits per heavy atom. The molecule has 0 saturated carbocycles. The van der Waals surface area contributed by atoms with Crippen molar-refractivity contribution in [3.8, 4) is 11.5 Å². The SMILES string of the molecule is CC(C)[C@H](NC(=O)CCCCCN1C(=O)C=CC1=O)C(=O)N[C@@H](CCCNC(N)=O)C(=O)Nc1ccccc1COC(=O)N(C)CCN(C)C(=O)OCC(=O)[C@@H]1Cc2c(O)c3c(c(O)c2C(O[C@H]2C[C@H](N4CCOC[C@H]4O)C[C@H](C)O2)C1)C(=O)c1c(N)cccc1C3=O. The van der Waals surface area contributed by atoms with E-state index in [2.05, 4.69) is 21.3 Å². The summed E-state index contributed by atoms with van der Waals surface area (Å²) in [5.74, 6) is -7.39. The molecule has 5 aliphatic rings. The van der Waals surface area contributed by atoms with Gasteiger partial charge in [0.2, 0.25) is 17.7 Å². The van der Waals surface area contributed by atoms with Crippen LogP contribution in [0, 0.1) is 11.8 Å². The first kappa shape index (κ1) is 69.9. The number of morpholine rings is 1. The second-order valence-corrected chi connectivity index (χ2v) is 24.1. The molecule has 2 fully saturated rings. The van der Waals surface area contributed by atoms with Crippen molar-refractivity contribution in [2.75, 3.05) is 77.7 Å². The lowest BCUT2D eigenvalue weighted by molar-refractivity contribution is -0.240. The second kappa shape index (κ2) is 31.5. The number of ether oxygens (including phenoxy) is 5. The summed E-state index contributed by atoms with van der Waals surface area (Å²) in [6.07, 6.45) is -0.689. The molecule has 8 atom stereocenters. The molecule has 8 rings (SSSR count). The highest BCUT2D eigenvalue weighted by atomic mass is 16.7. The van der Waals surface area contributed by atoms with Gasteiger partial charge in [-0.25, -0.2) is 14.4 Å². The molecule has 0 bridgehead atoms. The maximum atomic E-state index is 14.2. The molecule has 1 unspecified atom stereocenters. The highest BCUT2D eigenvalue weighted by Gasteiger charge is 2.46. The van der Waals surface area contributed by atoms with Gasteiger partial charge in [-0.2, -0.15) is 0 Å². The van der Waals surface area contributed by atoms with E-state index in [1.807, 2.05) is 11.8 Å². The Labute approximate surface area is 536 Å². The first-order chi connectivity index (χ1) is 44.3. The summed E-state index contributed by atoms with van der Waals surface area (Å²) in [4.78, 5) is 150. The summed E-state index contributed by atoms with van der Waals surface area (Å²) >= 11 is 0. The number of carbonyl (C=O) groups is 11. The number of amides is 9. The van der Waals surface area contributed by atoms with Crippen molar-refractivity contribution in [3.63, 3.8) is 0 Å². The second-order valence-electron chi connectivity index (χ2n) is 24.1. The minimum absolute atomic E-state index is 0.0102. The van der Waals surface area contributed by atoms with Crippen molar-refractivity contribution in [2.24, 2.45) is 17.6 Å². The Balaban J connectivity index is 0.851. The number of unbranched alkanes of at least 4 members (excludes halogenated alkanes) is 2. The van der Waals surface area contributed by atoms with Crippen LogP contribution in [0.2, 0.25) is 0 Å². The number of urea groups is 1. The number of benzene rings is 3. The fraction of sp³-hybridized carbons (Fsp3) is 0.516. The number of phenols is 2. The van der Waals surface area contributed by atoms with Gasteiger partial charge >= 0.3 is 18.2 Å². The number of aromatic hydroxyl groups is 2. The number of nitrogens with two attached hydrogens (primary N) is 2. The van der Waals surface area contributed by atoms with Gasteiger partial charge in [-0.3, -0.25) is 48.2 Å². The molecule has 2 aliphatic carbocycles. The largest absolute Gasteiger partial charge is 0.507 e. The van der Waals surface area contributed by atoms with Gasteiger partial charge in [0, 0.05) is 117 Å². The van der Waals surface area contributed by atoms with Crippen molar-refractivity contribution >= 4 is 76.5 Å². The van der Waals surface area contributed by atoms with Gasteiger partial charge in [0.1, 0.15) is 36.4 Å². The third-order valence-corrected chi connectivity index (χ3v) is 17.1. The number of hydrogen-bond acceptors (Lipinski definition) is 21. The quantitative estimate of drug-likeness (QED) is 0.0179. The third-order valence-electron chi connectivity index (χ3n) is 17.1. The van der Waals surface area contributed by atoms with Gasteiger partial charge in [-0.05, 0) is 69.9 Å². The molecular formula is C64H82N10O19. The summed E-state index contributed by atoms with van der Waals surface area (Å²) in [6.45, 7) is 5.24. The Kier molecular flexibility index (Phi) is 23.7. The molecule has 0 aromatic heterocycles. The van der Waals surface area contributed by atoms with Crippen LogP contribution in [0.15, 0.2) is 54.6 Å². The van der Waals surface area contributed by atoms with Crippen molar-refractivity contribution in [1.82, 2.24) is 35.6 Å². The zero-order valence-corrected chi connectivity index (χ0v) is 52.6. The van der Waals surface area contributed by atoms with Crippen molar-refractivity contribution < 1.29 is 91.7 Å². The number of nitrogen functional groups attached to an aromatic ring is 1. The van der Waals surface area contributed by atoms with E-state index in [4.69, 9.17) is 35.2 Å². The summed E-state index contributed by atoms with van der Waals surface area (Å²) in [7, 11) is 2.80. The molecule has 3 aromatic rings. The number of imide groups is 1. The number of nitrogens with zero attached hydrogens (tertiary/aromatic N) is 4. The van der Waals surface area contributed by atoms with Gasteiger partial charge in [-0.15, -0.1) is 0 Å². The van der Waals surface area contributed by atoms with Gasteiger partial charge < -0.3 is 81.5 Å². The lowest BCUT2D eigenvalue weighted by atomic mass is 9.73. The maximum absolute atomic E-state index is 14.2. The number of rotatable bonds is 27. The lowest BCUT2D eigenvalue weighted by Gasteiger charge is -2.44. The van der Waals surface area contributed by atoms with E-state index in [1.165, 1.54) is 49.3 Å². The van der Waals surface area contributed by atoms with E-state index in [9.17, 15) is 68.1 Å². The number of phenolic OH excluding ortho intramolecular Hbond substituents is 2. The summed E-state index contributed by atoms with van der Waals surface area (Å²) in [6, 6.07) is 7.48. The van der Waals surface area contributed by atoms with Crippen LogP contribution in [0.25, 0.3) is 0 Å². The number of carbonyl (C=O) groups excluding carboxylic acids is 11. The minimum Gasteiger partial charge on any atom is -0.507 e. The predicted molar refractivity (Wildman–Crippen MR) is 331 cm³/mol. The molecule has 11 N–H and O–H groups in total. The first-order valence-corrected chi connectivity index (χ1v) is 31.1. The predicted octanol–water partition coefficient (Wildman–Crippen LogP) is 3.02. The average molecular weight is 1300 g/mol. The Morgan fingerprint density at radius 1 is 0.806 bits per heavy atom. The van der Waals surface area contributed by atoms with Crippen molar-refractivity contribution in [2.45, 2.75) is 134 Å². The van der Waals surface area contributed by atoms with Crippen LogP contribution in [0.1, 0.15) is 133 Å². The molecule has 9 amide bonds. The number of ketones is 3. The minimum atomic E-state index is -1.22. The summed E-state index contributed by atoms with van der Waals surface area (Å²) in [5.41, 5.74) is 10.8. The van der Waals surface area contributed by atoms with Crippen LogP contribution in [-0.2, 0) is 65.5 Å². The molecule has 3 heterocycles. The number of Topliss-reactive ketones (excluding diaryl/α,β-unsaturated/α-hetero) is 1. The van der Waals surface area contributed by atoms with Crippen LogP contribution in [-0.4, -0.2) is 203 Å². The highest BCUT2D eigenvalue weighted by molar-refractivity contribution is 6.32. The number of aliphatic hydroxyl groups is 1. The first-order valence-electron chi connectivity index (χ1n) is 31.1. The molecular weight excluding hydrogens is 1210 g/mol. The van der Waals surface area contributed by atoms with E-state index in [1.54, 1.807) is 38.1 Å². The summed E-state index contributed by atoms with van der Waals surface area (Å²) in [5, 5.41) is 45.6. The van der Waals surface area contributed by atoms with E-state index in [0.29, 0.717) is 44.4 Å². The number of fused-ring (bicyclic) bond motifs is 3. The molecule has 2 saturated heterocycles. The monoisotopic (exact) mass is 1290 g/mol. The molecule has 502 valence electrons. The van der Waals surface area contributed by atoms with E-state index in [-0.39, 0.29) is 136 Å². The van der Waals surface area contributed by atoms with Crippen molar-refractivity contribution in [3.05, 3.63) is 93.6 Å². The maximum Gasteiger partial charge on any atom is 0.409 e. The normalized spacial score (nSPS) is 20.8. The third kappa shape index (κ3) is 17.2. The molecule has 0 radical (unpaired) electrons. The topological polar surface area (TPSA) is 408 Å². The Morgan fingerprint density at radius 3 is 2.20 bits per heavy atom. The van der Waals surface area contributed by atoms with Crippen LogP contribution >= 0.6 is 0 Å². The number of anilines is 2. The molecule has 3 aliphatic heterocycles. The number of hydrogen-bond donors (Lipinski definition) is 9. The number of aliphatic hydroxyl groups excluding tert-OH is 1. The van der Waals surface area contributed by atoms with Crippen molar-refractivity contribution in [1.29, 1.82) is 0 Å². The molecule has 29 heteroatoms. The fourth-order valence-corrected chi connectivity index (χ4v) is 12.1. The van der Waals surface area contributed by atoms with E-state index in [0.717, 1.165) is 9.80 Å². The van der Waals surface area contributed by atoms with Gasteiger partial charge in [0.05, 0.1) is 42.1 Å². The molecule has 0 spiro atoms. The Hall–Kier alpha value is -9.03. The Bertz CT molecular complexity index is 3380. The van der Waals surface area contributed by atoms with E-state index < -0.39 is 125 Å². The smallest absolute Gasteiger partial charge is 0.409 e. The summed E-state index contributed by atoms with van der Waals surface area (Å²) < 4.78 is 29.4. The fourth-order valence-electron chi connectivity index (χ4n) is 12.1. The van der Waals surface area contributed by atoms with Crippen LogP contribution in [0.5, 0.6) is 11.5 Å². The standard InChI is InChI=1S/C64H82N10O19/c1-34(2)55(70-46(76)18-7-6-10-22-74-47(77)19-20-48(74)78)61(85)69-43(17-12-21-67-62(66)86)60(84)68-42-16-9-8-13-36(42)31-90-63(87)71(4)23-24-72(5)64(88)91-32-44(75)37-28-40-52(45(29-37)93-50-30-38(27-35(3)92-50)73-25-26-89-33-49(73)79)59(83)54-53(57(40)81)56(80)39-14-11-15-41(65)51(39)58(54)82/h8-9,11,13-16,19-20,34-35,37-38,43,45,49-50,55,79,81,83H,6-7,10,12,17-18,21-33,65H2,1-5H3,(H,68,84)(H,69,85)(H,70,76)(H3,66,67,86)/t35-,37+,38+,43-,45?,49+,50-,55-/m0/s1. The van der Waals surface area contributed by atoms with Crippen LogP contribution < -0.4 is 32.7 Å². The number of primary amides is 1. The van der Waals surface area contributed by atoms with Crippen LogP contribution in [0.4, 0.5) is 25.8 Å². The van der Waals surface area contributed by atoms with E-state index >= 15 is 0 Å². The molecule has 93 heavy (non-hydrogen) atoms. The zero-order chi connectivity index (χ0) is 67.4. The van der Waals surface area contributed by atoms with Crippen LogP contribution in [0.3, 0.4) is 0 Å².